The third-order valence-electron chi connectivity index (χ3n) is 4.59. The molecule has 0 aliphatic heterocycles. The molecule has 0 aliphatic rings. The molecule has 3 rings (SSSR count). The van der Waals surface area contributed by atoms with Crippen molar-refractivity contribution < 1.29 is 28.9 Å². The highest BCUT2D eigenvalue weighted by molar-refractivity contribution is 8.00. The molecule has 0 unspecified atom stereocenters. The minimum atomic E-state index is -0.991. The van der Waals surface area contributed by atoms with Crippen LogP contribution >= 0.6 is 11.8 Å². The third-order valence-corrected chi connectivity index (χ3v) is 5.60. The molecule has 0 saturated heterocycles. The van der Waals surface area contributed by atoms with Gasteiger partial charge in [0.15, 0.2) is 11.5 Å². The smallest absolute Gasteiger partial charge is 0.335 e. The number of carbonyl (C=O) groups is 2. The van der Waals surface area contributed by atoms with Crippen LogP contribution in [0.25, 0.3) is 0 Å². The Kier molecular flexibility index (Phi) is 8.93. The lowest BCUT2D eigenvalue weighted by Crippen LogP contribution is -2.19. The molecule has 34 heavy (non-hydrogen) atoms. The number of nitrogens with zero attached hydrogens (tertiary/aromatic N) is 1. The van der Waals surface area contributed by atoms with E-state index in [0.29, 0.717) is 17.1 Å². The number of carboxylic acids is 1. The zero-order valence-electron chi connectivity index (χ0n) is 18.7. The van der Waals surface area contributed by atoms with E-state index in [-0.39, 0.29) is 23.8 Å². The molecule has 3 aromatic carbocycles. The van der Waals surface area contributed by atoms with Gasteiger partial charge in [-0.15, -0.1) is 11.8 Å². The largest absolute Gasteiger partial charge is 0.497 e. The molecule has 8 nitrogen and oxygen atoms in total. The van der Waals surface area contributed by atoms with Gasteiger partial charge in [0.1, 0.15) is 12.4 Å². The van der Waals surface area contributed by atoms with Gasteiger partial charge >= 0.3 is 5.97 Å². The van der Waals surface area contributed by atoms with Gasteiger partial charge in [-0.1, -0.05) is 12.1 Å². The number of ether oxygens (including phenoxy) is 3. The molecule has 2 N–H and O–H groups in total. The highest BCUT2D eigenvalue weighted by atomic mass is 32.2. The van der Waals surface area contributed by atoms with E-state index in [2.05, 4.69) is 10.5 Å². The van der Waals surface area contributed by atoms with Crippen LogP contribution in [0.5, 0.6) is 17.2 Å². The van der Waals surface area contributed by atoms with Gasteiger partial charge < -0.3 is 19.3 Å². The highest BCUT2D eigenvalue weighted by Gasteiger charge is 2.08. The average Bonchev–Trinajstić information content (AvgIpc) is 2.87. The summed E-state index contributed by atoms with van der Waals surface area (Å²) in [6, 6.07) is 19.2. The van der Waals surface area contributed by atoms with E-state index in [9.17, 15) is 9.59 Å². The van der Waals surface area contributed by atoms with Gasteiger partial charge in [-0.25, -0.2) is 10.2 Å². The van der Waals surface area contributed by atoms with Crippen molar-refractivity contribution in [2.24, 2.45) is 5.10 Å². The summed E-state index contributed by atoms with van der Waals surface area (Å²) in [5.41, 5.74) is 4.13. The van der Waals surface area contributed by atoms with Gasteiger partial charge in [0.25, 0.3) is 0 Å². The number of hydrogen-bond donors (Lipinski definition) is 2. The van der Waals surface area contributed by atoms with Crippen LogP contribution in [0.1, 0.15) is 21.5 Å². The van der Waals surface area contributed by atoms with Crippen LogP contribution in [0, 0.1) is 0 Å². The van der Waals surface area contributed by atoms with E-state index in [1.807, 2.05) is 24.3 Å². The third kappa shape index (κ3) is 7.28. The Balaban J connectivity index is 1.52. The molecule has 0 radical (unpaired) electrons. The number of carbonyl (C=O) groups excluding carboxylic acids is 1. The summed E-state index contributed by atoms with van der Waals surface area (Å²) in [5, 5.41) is 13.1. The van der Waals surface area contributed by atoms with Crippen LogP contribution in [0.15, 0.2) is 76.7 Å². The number of hydrogen-bond acceptors (Lipinski definition) is 7. The van der Waals surface area contributed by atoms with E-state index in [4.69, 9.17) is 19.3 Å². The summed E-state index contributed by atoms with van der Waals surface area (Å²) in [7, 11) is 3.12. The second kappa shape index (κ2) is 12.3. The molecule has 9 heteroatoms. The predicted octanol–water partition coefficient (Wildman–Crippen LogP) is 4.22. The van der Waals surface area contributed by atoms with Crippen molar-refractivity contribution in [1.82, 2.24) is 5.43 Å². The van der Waals surface area contributed by atoms with Crippen LogP contribution in [0.3, 0.4) is 0 Å². The van der Waals surface area contributed by atoms with Gasteiger partial charge in [-0.05, 0) is 65.7 Å². The van der Waals surface area contributed by atoms with Crippen molar-refractivity contribution in [1.29, 1.82) is 0 Å². The summed E-state index contributed by atoms with van der Waals surface area (Å²) in [6.07, 6.45) is 1.51. The zero-order valence-corrected chi connectivity index (χ0v) is 19.5. The van der Waals surface area contributed by atoms with Gasteiger partial charge in [-0.2, -0.15) is 5.10 Å². The first-order valence-corrected chi connectivity index (χ1v) is 11.2. The molecule has 0 heterocycles. The van der Waals surface area contributed by atoms with E-state index in [1.165, 1.54) is 31.2 Å². The number of rotatable bonds is 11. The first kappa shape index (κ1) is 24.7. The van der Waals surface area contributed by atoms with Gasteiger partial charge in [-0.3, -0.25) is 4.79 Å². The van der Waals surface area contributed by atoms with E-state index in [1.54, 1.807) is 43.5 Å². The maximum atomic E-state index is 12.0. The molecule has 176 valence electrons. The number of benzene rings is 3. The molecule has 0 aliphatic carbocycles. The Hall–Kier alpha value is -3.98. The van der Waals surface area contributed by atoms with E-state index in [0.717, 1.165) is 16.2 Å². The zero-order chi connectivity index (χ0) is 24.3. The van der Waals surface area contributed by atoms with Crippen molar-refractivity contribution >= 4 is 29.9 Å². The Morgan fingerprint density at radius 2 is 1.79 bits per heavy atom. The second-order valence-electron chi connectivity index (χ2n) is 6.96. The Morgan fingerprint density at radius 3 is 2.50 bits per heavy atom. The van der Waals surface area contributed by atoms with Crippen LogP contribution in [-0.4, -0.2) is 43.2 Å². The predicted molar refractivity (Wildman–Crippen MR) is 130 cm³/mol. The van der Waals surface area contributed by atoms with Crippen LogP contribution in [-0.2, 0) is 11.4 Å². The standard InChI is InChI=1S/C25H24N2O6S/c1-31-20-7-9-21(10-8-20)34-16-24(28)27-26-14-17-6-11-22(23(13-17)32-2)33-15-18-4-3-5-19(12-18)25(29)30/h3-14H,15-16H2,1-2H3,(H,27,28)(H,29,30)/b26-14+. The highest BCUT2D eigenvalue weighted by Crippen LogP contribution is 2.28. The van der Waals surface area contributed by atoms with Crippen molar-refractivity contribution in [3.8, 4) is 17.2 Å². The minimum absolute atomic E-state index is 0.187. The normalized spacial score (nSPS) is 10.6. The summed E-state index contributed by atoms with van der Waals surface area (Å²) >= 11 is 1.40. The number of methoxy groups -OCH3 is 2. The lowest BCUT2D eigenvalue weighted by molar-refractivity contribution is -0.118. The Bertz CT molecular complexity index is 1160. The SMILES string of the molecule is COc1ccc(SCC(=O)N/N=C/c2ccc(OCc3cccc(C(=O)O)c3)c(OC)c2)cc1. The molecule has 0 bridgehead atoms. The molecular formula is C25H24N2O6S. The number of amides is 1. The quantitative estimate of drug-likeness (QED) is 0.240. The summed E-state index contributed by atoms with van der Waals surface area (Å²) in [5.74, 6) is 0.753. The van der Waals surface area contributed by atoms with E-state index >= 15 is 0 Å². The van der Waals surface area contributed by atoms with Crippen LogP contribution in [0.2, 0.25) is 0 Å². The molecule has 1 amide bonds. The van der Waals surface area contributed by atoms with Crippen LogP contribution < -0.4 is 19.6 Å². The monoisotopic (exact) mass is 480 g/mol. The fraction of sp³-hybridized carbons (Fsp3) is 0.160. The number of hydrazone groups is 1. The molecule has 0 fully saturated rings. The number of thioether (sulfide) groups is 1. The van der Waals surface area contributed by atoms with E-state index < -0.39 is 5.97 Å². The molecule has 3 aromatic rings. The van der Waals surface area contributed by atoms with Crippen molar-refractivity contribution in [3.05, 3.63) is 83.4 Å². The maximum Gasteiger partial charge on any atom is 0.335 e. The number of nitrogens with one attached hydrogen (secondary N) is 1. The van der Waals surface area contributed by atoms with Crippen LogP contribution in [0.4, 0.5) is 0 Å². The fourth-order valence-corrected chi connectivity index (χ4v) is 3.56. The molecule has 0 aromatic heterocycles. The van der Waals surface area contributed by atoms with Gasteiger partial charge in [0.05, 0.1) is 31.8 Å². The molecule has 0 spiro atoms. The number of aromatic carboxylic acids is 1. The Labute approximate surface area is 201 Å². The van der Waals surface area contributed by atoms with Gasteiger partial charge in [0.2, 0.25) is 5.91 Å². The molecular weight excluding hydrogens is 456 g/mol. The molecule has 0 atom stereocenters. The first-order valence-electron chi connectivity index (χ1n) is 10.2. The van der Waals surface area contributed by atoms with Crippen molar-refractivity contribution in [3.63, 3.8) is 0 Å². The second-order valence-corrected chi connectivity index (χ2v) is 8.01. The number of carboxylic acid groups (broad SMARTS) is 1. The summed E-state index contributed by atoms with van der Waals surface area (Å²) in [6.45, 7) is 0.187. The first-order chi connectivity index (χ1) is 16.5. The average molecular weight is 481 g/mol. The summed E-state index contributed by atoms with van der Waals surface area (Å²) < 4.78 is 16.3. The maximum absolute atomic E-state index is 12.0. The fourth-order valence-electron chi connectivity index (χ4n) is 2.87. The topological polar surface area (TPSA) is 106 Å². The van der Waals surface area contributed by atoms with Crippen molar-refractivity contribution in [2.75, 3.05) is 20.0 Å². The molecule has 0 saturated carbocycles. The lowest BCUT2D eigenvalue weighted by atomic mass is 10.1. The summed E-state index contributed by atoms with van der Waals surface area (Å²) in [4.78, 5) is 24.1. The lowest BCUT2D eigenvalue weighted by Gasteiger charge is -2.11. The minimum Gasteiger partial charge on any atom is -0.497 e. The Morgan fingerprint density at radius 1 is 1.00 bits per heavy atom. The van der Waals surface area contributed by atoms with Gasteiger partial charge in [0, 0.05) is 4.90 Å². The van der Waals surface area contributed by atoms with Crippen molar-refractivity contribution in [2.45, 2.75) is 11.5 Å².